The molecule has 0 unspecified atom stereocenters. The molecule has 0 aliphatic heterocycles. The standard InChI is InChI=1S/C25H21FN4O2S/c1-30(14-21-27-20-11-12-33-24(20)25(32)29-21)22(31)10-8-17-18-13-16(26)7-9-19(18)28-23(17)15-5-3-2-4-6-15/h2-7,9,11-13,28H,8,10,14H2,1H3,(H,27,29,32). The lowest BCUT2D eigenvalue weighted by molar-refractivity contribution is -0.130. The number of rotatable bonds is 6. The average molecular weight is 461 g/mol. The smallest absolute Gasteiger partial charge is 0.268 e. The Morgan fingerprint density at radius 2 is 1.94 bits per heavy atom. The number of aromatic amines is 2. The maximum Gasteiger partial charge on any atom is 0.268 e. The average Bonchev–Trinajstić information content (AvgIpc) is 3.42. The first kappa shape index (κ1) is 21.1. The zero-order valence-electron chi connectivity index (χ0n) is 17.9. The fourth-order valence-corrected chi connectivity index (χ4v) is 4.79. The van der Waals surface area contributed by atoms with E-state index in [1.807, 2.05) is 35.7 Å². The normalized spacial score (nSPS) is 11.3. The van der Waals surface area contributed by atoms with Gasteiger partial charge in [-0.05, 0) is 47.2 Å². The van der Waals surface area contributed by atoms with Gasteiger partial charge in [0, 0.05) is 30.1 Å². The predicted molar refractivity (Wildman–Crippen MR) is 129 cm³/mol. The van der Waals surface area contributed by atoms with E-state index in [1.165, 1.54) is 23.5 Å². The Morgan fingerprint density at radius 3 is 2.76 bits per heavy atom. The molecule has 0 atom stereocenters. The number of thiophene rings is 1. The molecule has 0 bridgehead atoms. The third-order valence-corrected chi connectivity index (χ3v) is 6.60. The molecule has 0 aliphatic carbocycles. The number of fused-ring (bicyclic) bond motifs is 2. The van der Waals surface area contributed by atoms with Gasteiger partial charge in [-0.15, -0.1) is 11.3 Å². The molecule has 0 spiro atoms. The lowest BCUT2D eigenvalue weighted by Gasteiger charge is -2.17. The molecule has 0 saturated carbocycles. The van der Waals surface area contributed by atoms with Crippen LogP contribution in [0.2, 0.25) is 0 Å². The Hall–Kier alpha value is -3.78. The number of benzene rings is 2. The van der Waals surface area contributed by atoms with Gasteiger partial charge in [-0.25, -0.2) is 9.37 Å². The number of hydrogen-bond donors (Lipinski definition) is 2. The first-order valence-corrected chi connectivity index (χ1v) is 11.4. The van der Waals surface area contributed by atoms with E-state index in [9.17, 15) is 14.0 Å². The molecule has 6 nitrogen and oxygen atoms in total. The Morgan fingerprint density at radius 1 is 1.12 bits per heavy atom. The van der Waals surface area contributed by atoms with Crippen LogP contribution in [0.5, 0.6) is 0 Å². The van der Waals surface area contributed by atoms with Crippen molar-refractivity contribution in [3.63, 3.8) is 0 Å². The van der Waals surface area contributed by atoms with Crippen molar-refractivity contribution in [3.8, 4) is 11.3 Å². The van der Waals surface area contributed by atoms with Crippen LogP contribution >= 0.6 is 11.3 Å². The maximum absolute atomic E-state index is 14.0. The summed E-state index contributed by atoms with van der Waals surface area (Å²) in [6, 6.07) is 16.3. The van der Waals surface area contributed by atoms with Gasteiger partial charge >= 0.3 is 0 Å². The minimum Gasteiger partial charge on any atom is -0.354 e. The highest BCUT2D eigenvalue weighted by Gasteiger charge is 2.17. The molecular formula is C25H21FN4O2S. The molecule has 3 aromatic heterocycles. The molecule has 2 N–H and O–H groups in total. The summed E-state index contributed by atoms with van der Waals surface area (Å²) in [5, 5.41) is 2.60. The van der Waals surface area contributed by atoms with Gasteiger partial charge in [0.25, 0.3) is 5.56 Å². The zero-order valence-corrected chi connectivity index (χ0v) is 18.7. The molecule has 0 fully saturated rings. The molecule has 0 aliphatic rings. The van der Waals surface area contributed by atoms with E-state index >= 15 is 0 Å². The lowest BCUT2D eigenvalue weighted by atomic mass is 10.0. The van der Waals surface area contributed by atoms with Crippen LogP contribution in [-0.4, -0.2) is 32.8 Å². The van der Waals surface area contributed by atoms with Crippen molar-refractivity contribution in [2.75, 3.05) is 7.05 Å². The highest BCUT2D eigenvalue weighted by Crippen LogP contribution is 2.32. The minimum atomic E-state index is -0.315. The molecular weight excluding hydrogens is 439 g/mol. The second-order valence-corrected chi connectivity index (χ2v) is 8.85. The number of nitrogens with one attached hydrogen (secondary N) is 2. The van der Waals surface area contributed by atoms with Crippen molar-refractivity contribution < 1.29 is 9.18 Å². The van der Waals surface area contributed by atoms with Gasteiger partial charge in [-0.3, -0.25) is 9.59 Å². The van der Waals surface area contributed by atoms with Crippen LogP contribution in [0.15, 0.2) is 64.8 Å². The molecule has 166 valence electrons. The van der Waals surface area contributed by atoms with Crippen molar-refractivity contribution in [3.05, 3.63) is 87.5 Å². The van der Waals surface area contributed by atoms with Gasteiger partial charge < -0.3 is 14.9 Å². The van der Waals surface area contributed by atoms with Gasteiger partial charge in [-0.1, -0.05) is 30.3 Å². The summed E-state index contributed by atoms with van der Waals surface area (Å²) in [4.78, 5) is 37.2. The van der Waals surface area contributed by atoms with E-state index in [2.05, 4.69) is 15.0 Å². The van der Waals surface area contributed by atoms with Crippen LogP contribution in [0.25, 0.3) is 32.4 Å². The maximum atomic E-state index is 14.0. The first-order valence-electron chi connectivity index (χ1n) is 10.6. The van der Waals surface area contributed by atoms with Crippen molar-refractivity contribution >= 4 is 38.4 Å². The van der Waals surface area contributed by atoms with E-state index in [-0.39, 0.29) is 30.2 Å². The molecule has 0 radical (unpaired) electrons. The Labute approximate surface area is 192 Å². The Kier molecular flexibility index (Phi) is 5.51. The molecule has 1 amide bonds. The van der Waals surface area contributed by atoms with Gasteiger partial charge in [0.2, 0.25) is 5.91 Å². The van der Waals surface area contributed by atoms with E-state index in [4.69, 9.17) is 0 Å². The Bertz CT molecular complexity index is 1520. The molecule has 3 heterocycles. The summed E-state index contributed by atoms with van der Waals surface area (Å²) in [5.41, 5.74) is 4.05. The van der Waals surface area contributed by atoms with Crippen LogP contribution in [-0.2, 0) is 17.8 Å². The van der Waals surface area contributed by atoms with Gasteiger partial charge in [0.15, 0.2) is 0 Å². The third-order valence-electron chi connectivity index (χ3n) is 5.70. The number of aromatic nitrogens is 3. The number of halogens is 1. The summed E-state index contributed by atoms with van der Waals surface area (Å²) >= 11 is 1.34. The number of H-pyrrole nitrogens is 2. The number of hydrogen-bond acceptors (Lipinski definition) is 4. The van der Waals surface area contributed by atoms with Crippen molar-refractivity contribution in [2.24, 2.45) is 0 Å². The predicted octanol–water partition coefficient (Wildman–Crippen LogP) is 4.86. The van der Waals surface area contributed by atoms with Crippen LogP contribution in [0, 0.1) is 5.82 Å². The monoisotopic (exact) mass is 460 g/mol. The SMILES string of the molecule is CN(Cc1nc2ccsc2c(=O)[nH]1)C(=O)CCc1c(-c2ccccc2)[nH]c2ccc(F)cc12. The number of carbonyl (C=O) groups is 1. The van der Waals surface area contributed by atoms with Crippen molar-refractivity contribution in [2.45, 2.75) is 19.4 Å². The van der Waals surface area contributed by atoms with E-state index in [1.54, 1.807) is 24.1 Å². The first-order chi connectivity index (χ1) is 16.0. The molecule has 5 aromatic rings. The van der Waals surface area contributed by atoms with E-state index < -0.39 is 0 Å². The molecule has 0 saturated heterocycles. The quantitative estimate of drug-likeness (QED) is 0.380. The zero-order chi connectivity index (χ0) is 22.9. The van der Waals surface area contributed by atoms with Crippen LogP contribution in [0.1, 0.15) is 17.8 Å². The van der Waals surface area contributed by atoms with Crippen molar-refractivity contribution in [1.82, 2.24) is 19.9 Å². The summed E-state index contributed by atoms with van der Waals surface area (Å²) in [5.74, 6) is 0.0402. The lowest BCUT2D eigenvalue weighted by Crippen LogP contribution is -2.28. The van der Waals surface area contributed by atoms with Crippen LogP contribution < -0.4 is 5.56 Å². The van der Waals surface area contributed by atoms with Crippen molar-refractivity contribution in [1.29, 1.82) is 0 Å². The van der Waals surface area contributed by atoms with E-state index in [0.717, 1.165) is 27.7 Å². The third kappa shape index (κ3) is 4.17. The van der Waals surface area contributed by atoms with E-state index in [0.29, 0.717) is 22.5 Å². The highest BCUT2D eigenvalue weighted by molar-refractivity contribution is 7.17. The highest BCUT2D eigenvalue weighted by atomic mass is 32.1. The van der Waals surface area contributed by atoms with Crippen LogP contribution in [0.4, 0.5) is 4.39 Å². The van der Waals surface area contributed by atoms with Crippen LogP contribution in [0.3, 0.4) is 0 Å². The largest absolute Gasteiger partial charge is 0.354 e. The number of aryl methyl sites for hydroxylation is 1. The molecule has 8 heteroatoms. The second kappa shape index (κ2) is 8.63. The summed E-state index contributed by atoms with van der Waals surface area (Å²) in [6.07, 6.45) is 0.690. The fourth-order valence-electron chi connectivity index (χ4n) is 4.06. The minimum absolute atomic E-state index is 0.0900. The van der Waals surface area contributed by atoms with Gasteiger partial charge in [-0.2, -0.15) is 0 Å². The fraction of sp³-hybridized carbons (Fsp3) is 0.160. The Balaban J connectivity index is 1.38. The molecule has 2 aromatic carbocycles. The summed E-state index contributed by atoms with van der Waals surface area (Å²) in [7, 11) is 1.69. The summed E-state index contributed by atoms with van der Waals surface area (Å²) < 4.78 is 14.6. The number of carbonyl (C=O) groups excluding carboxylic acids is 1. The number of nitrogens with zero attached hydrogens (tertiary/aromatic N) is 2. The second-order valence-electron chi connectivity index (χ2n) is 7.93. The molecule has 33 heavy (non-hydrogen) atoms. The van der Waals surface area contributed by atoms with Gasteiger partial charge in [0.1, 0.15) is 16.3 Å². The topological polar surface area (TPSA) is 81.8 Å². The number of amides is 1. The van der Waals surface area contributed by atoms with Gasteiger partial charge in [0.05, 0.1) is 12.1 Å². The molecule has 5 rings (SSSR count). The summed E-state index contributed by atoms with van der Waals surface area (Å²) in [6.45, 7) is 0.202.